The second-order valence-corrected chi connectivity index (χ2v) is 2.08. The Hall–Kier alpha value is -0.810. The minimum absolute atomic E-state index is 0.245. The van der Waals surface area contributed by atoms with Gasteiger partial charge in [0.15, 0.2) is 0 Å². The van der Waals surface area contributed by atoms with E-state index >= 15 is 0 Å². The van der Waals surface area contributed by atoms with Crippen LogP contribution in [-0.4, -0.2) is 37.8 Å². The number of oxime groups is 1. The highest BCUT2D eigenvalue weighted by Gasteiger charge is 1.91. The van der Waals surface area contributed by atoms with Gasteiger partial charge in [-0.05, 0) is 0 Å². The zero-order chi connectivity index (χ0) is 8.53. The lowest BCUT2D eigenvalue weighted by Crippen LogP contribution is -2.25. The molecule has 0 aromatic heterocycles. The summed E-state index contributed by atoms with van der Waals surface area (Å²) >= 11 is 0. The van der Waals surface area contributed by atoms with Gasteiger partial charge in [-0.3, -0.25) is 0 Å². The fourth-order valence-electron chi connectivity index (χ4n) is 0.566. The number of hydrogen-bond acceptors (Lipinski definition) is 4. The molecule has 0 aliphatic rings. The lowest BCUT2D eigenvalue weighted by atomic mass is 10.4. The molecule has 5 nitrogen and oxygen atoms in total. The minimum atomic E-state index is 0.245. The summed E-state index contributed by atoms with van der Waals surface area (Å²) in [6.07, 6.45) is 0.556. The van der Waals surface area contributed by atoms with Crippen LogP contribution in [0.2, 0.25) is 0 Å². The van der Waals surface area contributed by atoms with Gasteiger partial charge in [-0.1, -0.05) is 5.16 Å². The summed E-state index contributed by atoms with van der Waals surface area (Å²) in [7, 11) is 1.64. The van der Waals surface area contributed by atoms with Crippen LogP contribution in [0.1, 0.15) is 6.42 Å². The average Bonchev–Trinajstić information content (AvgIpc) is 2.04. The van der Waals surface area contributed by atoms with E-state index < -0.39 is 0 Å². The summed E-state index contributed by atoms with van der Waals surface area (Å²) in [4.78, 5) is 0. The van der Waals surface area contributed by atoms with E-state index in [2.05, 4.69) is 10.5 Å². The number of amidine groups is 1. The van der Waals surface area contributed by atoms with Crippen LogP contribution in [0, 0.1) is 0 Å². The zero-order valence-electron chi connectivity index (χ0n) is 6.71. The second-order valence-electron chi connectivity index (χ2n) is 2.08. The number of rotatable bonds is 6. The van der Waals surface area contributed by atoms with E-state index in [1.165, 1.54) is 0 Å². The molecule has 0 rings (SSSR count). The van der Waals surface area contributed by atoms with Gasteiger partial charge in [-0.2, -0.15) is 0 Å². The van der Waals surface area contributed by atoms with Crippen LogP contribution in [0.25, 0.3) is 0 Å². The first-order valence-electron chi connectivity index (χ1n) is 3.47. The third-order valence-electron chi connectivity index (χ3n) is 1.17. The molecule has 0 aliphatic heterocycles. The molecule has 0 aliphatic carbocycles. The molecule has 5 heteroatoms. The topological polar surface area (TPSA) is 79.9 Å². The van der Waals surface area contributed by atoms with Crippen LogP contribution >= 0.6 is 0 Å². The van der Waals surface area contributed by atoms with Crippen LogP contribution in [0.5, 0.6) is 0 Å². The van der Waals surface area contributed by atoms with Gasteiger partial charge < -0.3 is 21.0 Å². The molecule has 0 saturated heterocycles. The lowest BCUT2D eigenvalue weighted by molar-refractivity contribution is 0.200. The molecule has 0 spiro atoms. The summed E-state index contributed by atoms with van der Waals surface area (Å²) in [5.41, 5.74) is 5.22. The van der Waals surface area contributed by atoms with Gasteiger partial charge in [0.25, 0.3) is 0 Å². The predicted molar refractivity (Wildman–Crippen MR) is 42.8 cm³/mol. The molecular weight excluding hydrogens is 146 g/mol. The van der Waals surface area contributed by atoms with Crippen molar-refractivity contribution in [3.05, 3.63) is 0 Å². The van der Waals surface area contributed by atoms with Crippen molar-refractivity contribution >= 4 is 5.84 Å². The Balaban J connectivity index is 3.02. The Labute approximate surface area is 66.2 Å². The lowest BCUT2D eigenvalue weighted by Gasteiger charge is -2.01. The van der Waals surface area contributed by atoms with Gasteiger partial charge in [0.05, 0.1) is 6.61 Å². The van der Waals surface area contributed by atoms with E-state index in [1.54, 1.807) is 7.11 Å². The van der Waals surface area contributed by atoms with E-state index in [1.807, 2.05) is 0 Å². The van der Waals surface area contributed by atoms with E-state index in [0.717, 1.165) is 6.54 Å². The number of nitrogens with one attached hydrogen (secondary N) is 1. The normalized spacial score (nSPS) is 11.9. The van der Waals surface area contributed by atoms with Crippen LogP contribution in [0.4, 0.5) is 0 Å². The number of methoxy groups -OCH3 is 1. The number of hydrogen-bond donors (Lipinski definition) is 3. The molecule has 66 valence electrons. The molecule has 4 N–H and O–H groups in total. The van der Waals surface area contributed by atoms with E-state index in [9.17, 15) is 0 Å². The van der Waals surface area contributed by atoms with Crippen molar-refractivity contribution in [2.24, 2.45) is 10.9 Å². The van der Waals surface area contributed by atoms with Crippen molar-refractivity contribution in [2.75, 3.05) is 26.8 Å². The third-order valence-corrected chi connectivity index (χ3v) is 1.17. The SMILES string of the molecule is COCCNCC/C(N)=N\O. The molecule has 0 amide bonds. The van der Waals surface area contributed by atoms with E-state index in [4.69, 9.17) is 15.7 Å². The van der Waals surface area contributed by atoms with Crippen LogP contribution < -0.4 is 11.1 Å². The molecule has 0 aromatic carbocycles. The van der Waals surface area contributed by atoms with Gasteiger partial charge in [-0.25, -0.2) is 0 Å². The number of ether oxygens (including phenoxy) is 1. The Morgan fingerprint density at radius 2 is 2.36 bits per heavy atom. The number of nitrogens with two attached hydrogens (primary N) is 1. The third kappa shape index (κ3) is 7.08. The maximum atomic E-state index is 8.15. The molecule has 0 atom stereocenters. The molecule has 0 radical (unpaired) electrons. The second kappa shape index (κ2) is 7.30. The Morgan fingerprint density at radius 1 is 1.64 bits per heavy atom. The van der Waals surface area contributed by atoms with Gasteiger partial charge in [0, 0.05) is 26.6 Å². The Bertz CT molecular complexity index is 116. The zero-order valence-corrected chi connectivity index (χ0v) is 6.71. The van der Waals surface area contributed by atoms with Crippen molar-refractivity contribution in [3.8, 4) is 0 Å². The fraction of sp³-hybridized carbons (Fsp3) is 0.833. The molecular formula is C6H15N3O2. The van der Waals surface area contributed by atoms with Gasteiger partial charge in [0.1, 0.15) is 5.84 Å². The quantitative estimate of drug-likeness (QED) is 0.159. The van der Waals surface area contributed by atoms with E-state index in [0.29, 0.717) is 19.6 Å². The first-order valence-corrected chi connectivity index (χ1v) is 3.47. The van der Waals surface area contributed by atoms with Crippen molar-refractivity contribution in [2.45, 2.75) is 6.42 Å². The summed E-state index contributed by atoms with van der Waals surface area (Å²) < 4.78 is 4.80. The molecule has 11 heavy (non-hydrogen) atoms. The molecule has 0 bridgehead atoms. The van der Waals surface area contributed by atoms with Crippen molar-refractivity contribution in [3.63, 3.8) is 0 Å². The summed E-state index contributed by atoms with van der Waals surface area (Å²) in [5, 5.41) is 14.0. The van der Waals surface area contributed by atoms with Crippen LogP contribution in [0.3, 0.4) is 0 Å². The minimum Gasteiger partial charge on any atom is -0.409 e. The van der Waals surface area contributed by atoms with Gasteiger partial charge >= 0.3 is 0 Å². The highest BCUT2D eigenvalue weighted by atomic mass is 16.5. The Kier molecular flexibility index (Phi) is 6.76. The van der Waals surface area contributed by atoms with Crippen LogP contribution in [0.15, 0.2) is 5.16 Å². The monoisotopic (exact) mass is 161 g/mol. The summed E-state index contributed by atoms with van der Waals surface area (Å²) in [5.74, 6) is 0.245. The van der Waals surface area contributed by atoms with Crippen molar-refractivity contribution in [1.82, 2.24) is 5.32 Å². The molecule has 0 aromatic rings. The van der Waals surface area contributed by atoms with Crippen molar-refractivity contribution in [1.29, 1.82) is 0 Å². The summed E-state index contributed by atoms with van der Waals surface area (Å²) in [6, 6.07) is 0. The molecule has 0 saturated carbocycles. The maximum Gasteiger partial charge on any atom is 0.140 e. The first-order chi connectivity index (χ1) is 5.31. The van der Waals surface area contributed by atoms with Crippen LogP contribution in [-0.2, 0) is 4.74 Å². The molecule has 0 heterocycles. The maximum absolute atomic E-state index is 8.15. The summed E-state index contributed by atoms with van der Waals surface area (Å²) in [6.45, 7) is 2.17. The van der Waals surface area contributed by atoms with Gasteiger partial charge in [0.2, 0.25) is 0 Å². The fourth-order valence-corrected chi connectivity index (χ4v) is 0.566. The smallest absolute Gasteiger partial charge is 0.140 e. The van der Waals surface area contributed by atoms with E-state index in [-0.39, 0.29) is 5.84 Å². The van der Waals surface area contributed by atoms with Gasteiger partial charge in [-0.15, -0.1) is 0 Å². The highest BCUT2D eigenvalue weighted by molar-refractivity contribution is 5.79. The number of nitrogens with zero attached hydrogens (tertiary/aromatic N) is 1. The standard InChI is InChI=1S/C6H15N3O2/c1-11-5-4-8-3-2-6(7)9-10/h8,10H,2-5H2,1H3,(H2,7,9). The highest BCUT2D eigenvalue weighted by Crippen LogP contribution is 1.75. The molecule has 0 unspecified atom stereocenters. The Morgan fingerprint density at radius 3 is 2.91 bits per heavy atom. The largest absolute Gasteiger partial charge is 0.409 e. The average molecular weight is 161 g/mol. The predicted octanol–water partition coefficient (Wildman–Crippen LogP) is -0.641. The molecule has 0 fully saturated rings. The first kappa shape index (κ1) is 10.2. The van der Waals surface area contributed by atoms with Crippen molar-refractivity contribution < 1.29 is 9.94 Å².